The highest BCUT2D eigenvalue weighted by molar-refractivity contribution is 6.29. The molecule has 1 aliphatic heterocycles. The molecule has 0 radical (unpaired) electrons. The first kappa shape index (κ1) is 24.6. The minimum Gasteiger partial charge on any atom is -0.481 e. The average Bonchev–Trinajstić information content (AvgIpc) is 3.46. The number of hydrogen-bond acceptors (Lipinski definition) is 5. The summed E-state index contributed by atoms with van der Waals surface area (Å²) in [6.07, 6.45) is 6.16. The molecule has 3 heterocycles. The van der Waals surface area contributed by atoms with Crippen molar-refractivity contribution in [2.24, 2.45) is 5.92 Å². The number of carbonyl (C=O) groups is 2. The lowest BCUT2D eigenvalue weighted by atomic mass is 9.85. The molecule has 36 heavy (non-hydrogen) atoms. The van der Waals surface area contributed by atoms with Gasteiger partial charge < -0.3 is 14.4 Å². The summed E-state index contributed by atoms with van der Waals surface area (Å²) >= 11 is 6.04. The van der Waals surface area contributed by atoms with E-state index in [1.165, 1.54) is 7.11 Å². The molecule has 9 nitrogen and oxygen atoms in total. The number of aromatic nitrogens is 4. The summed E-state index contributed by atoms with van der Waals surface area (Å²) in [4.78, 5) is 31.4. The molecule has 1 amide bonds. The maximum Gasteiger partial charge on any atom is 0.414 e. The van der Waals surface area contributed by atoms with Gasteiger partial charge in [0.1, 0.15) is 5.82 Å². The molecule has 192 valence electrons. The van der Waals surface area contributed by atoms with Crippen molar-refractivity contribution in [2.75, 3.05) is 12.0 Å². The van der Waals surface area contributed by atoms with Crippen LogP contribution < -0.4 is 4.90 Å². The van der Waals surface area contributed by atoms with Crippen LogP contribution in [-0.4, -0.2) is 49.7 Å². The van der Waals surface area contributed by atoms with Crippen molar-refractivity contribution >= 4 is 40.4 Å². The number of aryl methyl sites for hydroxylation is 1. The number of methoxy groups -OCH3 is 1. The van der Waals surface area contributed by atoms with Crippen molar-refractivity contribution in [3.63, 3.8) is 0 Å². The molecule has 3 aromatic rings. The van der Waals surface area contributed by atoms with Crippen molar-refractivity contribution in [3.8, 4) is 0 Å². The van der Waals surface area contributed by atoms with E-state index in [1.807, 2.05) is 29.9 Å². The molecule has 1 saturated carbocycles. The Hall–Kier alpha value is -3.07. The Labute approximate surface area is 215 Å². The lowest BCUT2D eigenvalue weighted by Crippen LogP contribution is -2.42. The number of imidazole rings is 1. The first-order valence-electron chi connectivity index (χ1n) is 12.6. The van der Waals surface area contributed by atoms with E-state index in [4.69, 9.17) is 21.3 Å². The van der Waals surface area contributed by atoms with Gasteiger partial charge in [-0.25, -0.2) is 9.78 Å². The number of ether oxygens (including phenoxy) is 1. The minimum absolute atomic E-state index is 0.00782. The zero-order chi connectivity index (χ0) is 25.6. The van der Waals surface area contributed by atoms with E-state index in [1.54, 1.807) is 11.0 Å². The maximum atomic E-state index is 12.6. The molecule has 0 saturated heterocycles. The fourth-order valence-corrected chi connectivity index (χ4v) is 6.10. The topological polar surface area (TPSA) is 102 Å². The van der Waals surface area contributed by atoms with Gasteiger partial charge in [-0.2, -0.15) is 5.10 Å². The molecule has 1 fully saturated rings. The number of aliphatic carboxylic acids is 1. The molecular formula is C26H32ClN5O4. The van der Waals surface area contributed by atoms with Crippen LogP contribution in [0.3, 0.4) is 0 Å². The van der Waals surface area contributed by atoms with Gasteiger partial charge >= 0.3 is 12.1 Å². The molecule has 0 spiro atoms. The normalized spacial score (nSPS) is 22.9. The van der Waals surface area contributed by atoms with Gasteiger partial charge in [0.05, 0.1) is 36.3 Å². The molecule has 1 aliphatic carbocycles. The second kappa shape index (κ2) is 9.76. The SMILES string of the molecule is COC(=O)N1c2ccc3c(nc(C(C)Cn4ccc(Cl)n4)n3C3CCCC(C(=O)O)C3)c2CCC1C. The van der Waals surface area contributed by atoms with Crippen molar-refractivity contribution in [1.82, 2.24) is 19.3 Å². The summed E-state index contributed by atoms with van der Waals surface area (Å²) in [5.41, 5.74) is 3.74. The fraction of sp³-hybridized carbons (Fsp3) is 0.538. The number of carboxylic acids is 1. The lowest BCUT2D eigenvalue weighted by Gasteiger charge is -2.34. The van der Waals surface area contributed by atoms with Crippen LogP contribution in [0.2, 0.25) is 5.15 Å². The Morgan fingerprint density at radius 1 is 1.25 bits per heavy atom. The molecule has 5 rings (SSSR count). The van der Waals surface area contributed by atoms with Crippen molar-refractivity contribution in [2.45, 2.75) is 76.9 Å². The highest BCUT2D eigenvalue weighted by atomic mass is 35.5. The second-order valence-corrected chi connectivity index (χ2v) is 10.5. The largest absolute Gasteiger partial charge is 0.481 e. The monoisotopic (exact) mass is 513 g/mol. The number of carbonyl (C=O) groups excluding carboxylic acids is 1. The van der Waals surface area contributed by atoms with Crippen LogP contribution in [0, 0.1) is 5.92 Å². The molecule has 2 aliphatic rings. The minimum atomic E-state index is -0.731. The van der Waals surface area contributed by atoms with Gasteiger partial charge in [0.15, 0.2) is 5.15 Å². The van der Waals surface area contributed by atoms with Gasteiger partial charge in [0.2, 0.25) is 0 Å². The Morgan fingerprint density at radius 2 is 2.06 bits per heavy atom. The molecule has 4 unspecified atom stereocenters. The van der Waals surface area contributed by atoms with Crippen LogP contribution in [-0.2, 0) is 22.5 Å². The van der Waals surface area contributed by atoms with Crippen LogP contribution in [0.4, 0.5) is 10.5 Å². The summed E-state index contributed by atoms with van der Waals surface area (Å²) in [6.45, 7) is 4.73. The second-order valence-electron chi connectivity index (χ2n) is 10.1. The van der Waals surface area contributed by atoms with E-state index in [-0.39, 0.29) is 30.0 Å². The van der Waals surface area contributed by atoms with Crippen molar-refractivity contribution in [3.05, 3.63) is 40.9 Å². The third kappa shape index (κ3) is 4.34. The van der Waals surface area contributed by atoms with E-state index in [9.17, 15) is 14.7 Å². The quantitative estimate of drug-likeness (QED) is 0.489. The van der Waals surface area contributed by atoms with E-state index < -0.39 is 5.97 Å². The first-order valence-corrected chi connectivity index (χ1v) is 13.0. The van der Waals surface area contributed by atoms with Crippen LogP contribution in [0.5, 0.6) is 0 Å². The zero-order valence-corrected chi connectivity index (χ0v) is 21.6. The predicted octanol–water partition coefficient (Wildman–Crippen LogP) is 5.41. The highest BCUT2D eigenvalue weighted by Gasteiger charge is 2.35. The molecule has 1 N–H and O–H groups in total. The maximum absolute atomic E-state index is 12.6. The smallest absolute Gasteiger partial charge is 0.414 e. The lowest BCUT2D eigenvalue weighted by molar-refractivity contribution is -0.143. The van der Waals surface area contributed by atoms with Gasteiger partial charge in [-0.15, -0.1) is 0 Å². The first-order chi connectivity index (χ1) is 17.3. The van der Waals surface area contributed by atoms with Crippen LogP contribution in [0.15, 0.2) is 24.4 Å². The summed E-state index contributed by atoms with van der Waals surface area (Å²) < 4.78 is 9.16. The number of rotatable bonds is 5. The summed E-state index contributed by atoms with van der Waals surface area (Å²) in [5, 5.41) is 14.5. The number of halogens is 1. The summed E-state index contributed by atoms with van der Waals surface area (Å²) in [5.74, 6) is -0.176. The molecule has 10 heteroatoms. The van der Waals surface area contributed by atoms with E-state index in [2.05, 4.69) is 16.6 Å². The predicted molar refractivity (Wildman–Crippen MR) is 137 cm³/mol. The molecule has 1 aromatic carbocycles. The third-order valence-electron chi connectivity index (χ3n) is 7.72. The molecule has 0 bridgehead atoms. The number of benzene rings is 1. The number of hydrogen-bond donors (Lipinski definition) is 1. The van der Waals surface area contributed by atoms with Crippen LogP contribution in [0.25, 0.3) is 11.0 Å². The van der Waals surface area contributed by atoms with Crippen molar-refractivity contribution in [1.29, 1.82) is 0 Å². The summed E-state index contributed by atoms with van der Waals surface area (Å²) in [6, 6.07) is 5.85. The standard InChI is InChI=1S/C26H32ClN5O4/c1-15(14-30-12-11-22(27)29-30)24-28-23-19-8-7-16(2)31(26(35)36-3)20(19)9-10-21(23)32(24)18-6-4-5-17(13-18)25(33)34/h9-12,15-18H,4-8,13-14H2,1-3H3,(H,33,34). The number of anilines is 1. The molecular weight excluding hydrogens is 482 g/mol. The Balaban J connectivity index is 1.64. The van der Waals surface area contributed by atoms with E-state index >= 15 is 0 Å². The Morgan fingerprint density at radius 3 is 2.75 bits per heavy atom. The van der Waals surface area contributed by atoms with Crippen LogP contribution >= 0.6 is 11.6 Å². The fourth-order valence-electron chi connectivity index (χ4n) is 5.95. The molecule has 2 aromatic heterocycles. The number of fused-ring (bicyclic) bond motifs is 3. The third-order valence-corrected chi connectivity index (χ3v) is 7.93. The van der Waals surface area contributed by atoms with Crippen LogP contribution in [0.1, 0.15) is 69.3 Å². The number of carboxylic acid groups (broad SMARTS) is 1. The summed E-state index contributed by atoms with van der Waals surface area (Å²) in [7, 11) is 1.40. The zero-order valence-electron chi connectivity index (χ0n) is 20.9. The van der Waals surface area contributed by atoms with Gasteiger partial charge in [-0.3, -0.25) is 14.4 Å². The van der Waals surface area contributed by atoms with E-state index in [0.29, 0.717) is 24.5 Å². The number of amides is 1. The van der Waals surface area contributed by atoms with Crippen molar-refractivity contribution < 1.29 is 19.4 Å². The van der Waals surface area contributed by atoms with Gasteiger partial charge in [-0.05, 0) is 57.2 Å². The van der Waals surface area contributed by atoms with E-state index in [0.717, 1.165) is 53.8 Å². The highest BCUT2D eigenvalue weighted by Crippen LogP contribution is 2.41. The van der Waals surface area contributed by atoms with Gasteiger partial charge in [0, 0.05) is 29.8 Å². The van der Waals surface area contributed by atoms with Gasteiger partial charge in [0.25, 0.3) is 0 Å². The average molecular weight is 514 g/mol. The molecule has 4 atom stereocenters. The number of nitrogens with zero attached hydrogens (tertiary/aromatic N) is 5. The Kier molecular flexibility index (Phi) is 6.68. The Bertz CT molecular complexity index is 1300. The van der Waals surface area contributed by atoms with Gasteiger partial charge in [-0.1, -0.05) is 24.9 Å².